The lowest BCUT2D eigenvalue weighted by Crippen LogP contribution is -2.42. The Morgan fingerprint density at radius 2 is 2.36 bits per heavy atom. The van der Waals surface area contributed by atoms with Crippen molar-refractivity contribution in [1.82, 2.24) is 0 Å². The van der Waals surface area contributed by atoms with Crippen molar-refractivity contribution in [3.63, 3.8) is 0 Å². The van der Waals surface area contributed by atoms with Gasteiger partial charge in [0.25, 0.3) is 0 Å². The number of carboxylic acid groups (broad SMARTS) is 1. The van der Waals surface area contributed by atoms with E-state index in [0.29, 0.717) is 19.4 Å². The minimum absolute atomic E-state index is 0.175. The molecule has 1 heterocycles. The van der Waals surface area contributed by atoms with Gasteiger partial charge in [0.05, 0.1) is 5.60 Å². The zero-order valence-electron chi connectivity index (χ0n) is 8.69. The number of carbonyl (C=O) groups is 1. The quantitative estimate of drug-likeness (QED) is 0.717. The van der Waals surface area contributed by atoms with Gasteiger partial charge < -0.3 is 14.9 Å². The molecule has 1 aliphatic rings. The van der Waals surface area contributed by atoms with E-state index in [2.05, 4.69) is 0 Å². The van der Waals surface area contributed by atoms with Crippen molar-refractivity contribution in [3.05, 3.63) is 0 Å². The summed E-state index contributed by atoms with van der Waals surface area (Å²) in [6, 6.07) is 0. The number of aliphatic hydroxyl groups is 1. The topological polar surface area (TPSA) is 66.8 Å². The van der Waals surface area contributed by atoms with Crippen LogP contribution in [-0.2, 0) is 9.53 Å². The fourth-order valence-electron chi connectivity index (χ4n) is 1.89. The van der Waals surface area contributed by atoms with Gasteiger partial charge in [-0.1, -0.05) is 6.92 Å². The lowest BCUT2D eigenvalue weighted by Gasteiger charge is -2.38. The van der Waals surface area contributed by atoms with Gasteiger partial charge in [-0.15, -0.1) is 0 Å². The van der Waals surface area contributed by atoms with Crippen molar-refractivity contribution in [3.8, 4) is 0 Å². The zero-order chi connectivity index (χ0) is 10.8. The molecule has 3 atom stereocenters. The molecule has 0 saturated carbocycles. The van der Waals surface area contributed by atoms with Crippen molar-refractivity contribution in [1.29, 1.82) is 0 Å². The van der Waals surface area contributed by atoms with Crippen LogP contribution < -0.4 is 0 Å². The maximum atomic E-state index is 10.6. The standard InChI is InChI=1S/C10H18O4/c1-3-10(2)6-7(4-5-14-10)8(11)9(12)13/h7-8,11H,3-6H2,1-2H3,(H,12,13). The average Bonchev–Trinajstić information content (AvgIpc) is 2.16. The second-order valence-electron chi connectivity index (χ2n) is 4.19. The molecule has 0 radical (unpaired) electrons. The van der Waals surface area contributed by atoms with E-state index in [0.717, 1.165) is 6.42 Å². The molecule has 82 valence electrons. The highest BCUT2D eigenvalue weighted by Gasteiger charge is 2.37. The maximum Gasteiger partial charge on any atom is 0.332 e. The van der Waals surface area contributed by atoms with Crippen LogP contribution in [0.5, 0.6) is 0 Å². The van der Waals surface area contributed by atoms with Crippen molar-refractivity contribution in [2.75, 3.05) is 6.61 Å². The molecule has 3 unspecified atom stereocenters. The van der Waals surface area contributed by atoms with Crippen LogP contribution in [0.2, 0.25) is 0 Å². The Labute approximate surface area is 83.9 Å². The van der Waals surface area contributed by atoms with Gasteiger partial charge in [0.1, 0.15) is 0 Å². The van der Waals surface area contributed by atoms with Crippen LogP contribution in [0.1, 0.15) is 33.1 Å². The summed E-state index contributed by atoms with van der Waals surface area (Å²) in [5, 5.41) is 18.1. The predicted octanol–water partition coefficient (Wildman–Crippen LogP) is 1.03. The molecule has 0 aromatic rings. The Kier molecular flexibility index (Phi) is 3.50. The number of hydrogen-bond acceptors (Lipinski definition) is 3. The van der Waals surface area contributed by atoms with Crippen molar-refractivity contribution < 1.29 is 19.7 Å². The van der Waals surface area contributed by atoms with Crippen LogP contribution in [0.25, 0.3) is 0 Å². The molecule has 1 fully saturated rings. The average molecular weight is 202 g/mol. The number of rotatable bonds is 3. The summed E-state index contributed by atoms with van der Waals surface area (Å²) in [5.41, 5.74) is -0.265. The lowest BCUT2D eigenvalue weighted by molar-refractivity contribution is -0.157. The number of hydrogen-bond donors (Lipinski definition) is 2. The summed E-state index contributed by atoms with van der Waals surface area (Å²) < 4.78 is 5.57. The molecule has 4 nitrogen and oxygen atoms in total. The van der Waals surface area contributed by atoms with E-state index in [1.165, 1.54) is 0 Å². The van der Waals surface area contributed by atoms with Gasteiger partial charge in [0, 0.05) is 12.5 Å². The summed E-state index contributed by atoms with van der Waals surface area (Å²) in [6.07, 6.45) is 0.848. The molecule has 1 aliphatic heterocycles. The largest absolute Gasteiger partial charge is 0.479 e. The molecule has 0 aromatic carbocycles. The van der Waals surface area contributed by atoms with Crippen molar-refractivity contribution >= 4 is 5.97 Å². The zero-order valence-corrected chi connectivity index (χ0v) is 8.69. The van der Waals surface area contributed by atoms with Crippen LogP contribution in [0.3, 0.4) is 0 Å². The van der Waals surface area contributed by atoms with Gasteiger partial charge in [-0.05, 0) is 26.2 Å². The van der Waals surface area contributed by atoms with Crippen molar-refractivity contribution in [2.24, 2.45) is 5.92 Å². The van der Waals surface area contributed by atoms with Gasteiger partial charge >= 0.3 is 5.97 Å². The third kappa shape index (κ3) is 2.45. The molecule has 0 amide bonds. The Bertz CT molecular complexity index is 216. The van der Waals surface area contributed by atoms with E-state index < -0.39 is 12.1 Å². The second-order valence-corrected chi connectivity index (χ2v) is 4.19. The molecule has 14 heavy (non-hydrogen) atoms. The molecule has 0 aromatic heterocycles. The van der Waals surface area contributed by atoms with Crippen LogP contribution in [0, 0.1) is 5.92 Å². The molecule has 4 heteroatoms. The van der Waals surface area contributed by atoms with E-state index in [4.69, 9.17) is 9.84 Å². The molecule has 0 aliphatic carbocycles. The first-order valence-electron chi connectivity index (χ1n) is 5.03. The van der Waals surface area contributed by atoms with E-state index >= 15 is 0 Å². The Hall–Kier alpha value is -0.610. The minimum Gasteiger partial charge on any atom is -0.479 e. The SMILES string of the molecule is CCC1(C)CC(C(O)C(=O)O)CCO1. The number of aliphatic carboxylic acids is 1. The summed E-state index contributed by atoms with van der Waals surface area (Å²) in [5.74, 6) is -1.30. The molecule has 0 spiro atoms. The molecule has 1 saturated heterocycles. The molecule has 2 N–H and O–H groups in total. The Morgan fingerprint density at radius 3 is 2.86 bits per heavy atom. The van der Waals surface area contributed by atoms with Gasteiger partial charge in [-0.25, -0.2) is 4.79 Å². The molecule has 0 bridgehead atoms. The highest BCUT2D eigenvalue weighted by atomic mass is 16.5. The van der Waals surface area contributed by atoms with E-state index in [-0.39, 0.29) is 11.5 Å². The Morgan fingerprint density at radius 1 is 1.71 bits per heavy atom. The van der Waals surface area contributed by atoms with Gasteiger partial charge in [0.2, 0.25) is 0 Å². The fraction of sp³-hybridized carbons (Fsp3) is 0.900. The van der Waals surface area contributed by atoms with Crippen LogP contribution >= 0.6 is 0 Å². The van der Waals surface area contributed by atoms with E-state index in [1.807, 2.05) is 13.8 Å². The first-order chi connectivity index (χ1) is 6.48. The number of ether oxygens (including phenoxy) is 1. The van der Waals surface area contributed by atoms with Crippen LogP contribution in [0.4, 0.5) is 0 Å². The highest BCUT2D eigenvalue weighted by Crippen LogP contribution is 2.33. The summed E-state index contributed by atoms with van der Waals surface area (Å²) in [4.78, 5) is 10.6. The van der Waals surface area contributed by atoms with E-state index in [9.17, 15) is 9.90 Å². The maximum absolute atomic E-state index is 10.6. The first kappa shape index (κ1) is 11.5. The van der Waals surface area contributed by atoms with Gasteiger partial charge in [0.15, 0.2) is 6.10 Å². The minimum atomic E-state index is -1.25. The normalized spacial score (nSPS) is 35.2. The molecule has 1 rings (SSSR count). The number of carboxylic acids is 1. The number of aliphatic hydroxyl groups excluding tert-OH is 1. The first-order valence-corrected chi connectivity index (χ1v) is 5.03. The van der Waals surface area contributed by atoms with Gasteiger partial charge in [-0.3, -0.25) is 0 Å². The monoisotopic (exact) mass is 202 g/mol. The summed E-state index contributed by atoms with van der Waals surface area (Å²) >= 11 is 0. The Balaban J connectivity index is 2.60. The van der Waals surface area contributed by atoms with Crippen LogP contribution in [-0.4, -0.2) is 34.5 Å². The van der Waals surface area contributed by atoms with E-state index in [1.54, 1.807) is 0 Å². The molecular weight excluding hydrogens is 184 g/mol. The predicted molar refractivity (Wildman–Crippen MR) is 51.0 cm³/mol. The second kappa shape index (κ2) is 4.28. The molecular formula is C10H18O4. The summed E-state index contributed by atoms with van der Waals surface area (Å²) in [6.45, 7) is 4.52. The lowest BCUT2D eigenvalue weighted by atomic mass is 9.82. The van der Waals surface area contributed by atoms with Crippen molar-refractivity contribution in [2.45, 2.75) is 44.8 Å². The van der Waals surface area contributed by atoms with Crippen LogP contribution in [0.15, 0.2) is 0 Å². The fourth-order valence-corrected chi connectivity index (χ4v) is 1.89. The third-order valence-electron chi connectivity index (χ3n) is 3.08. The third-order valence-corrected chi connectivity index (χ3v) is 3.08. The smallest absolute Gasteiger partial charge is 0.332 e. The summed E-state index contributed by atoms with van der Waals surface area (Å²) in [7, 11) is 0. The van der Waals surface area contributed by atoms with Gasteiger partial charge in [-0.2, -0.15) is 0 Å². The highest BCUT2D eigenvalue weighted by molar-refractivity contribution is 5.72.